The predicted octanol–water partition coefficient (Wildman–Crippen LogP) is 2.79. The molecule has 122 valence electrons. The van der Waals surface area contributed by atoms with Gasteiger partial charge in [0.1, 0.15) is 0 Å². The maximum atomic E-state index is 12.1. The monoisotopic (exact) mass is 303 g/mol. The van der Waals surface area contributed by atoms with Crippen LogP contribution in [0, 0.1) is 0 Å². The molecule has 1 fully saturated rings. The van der Waals surface area contributed by atoms with Crippen molar-refractivity contribution in [1.82, 2.24) is 15.2 Å². The molecule has 1 aromatic heterocycles. The number of likely N-dealkylation sites (N-methyl/N-ethyl adjacent to an activating group) is 1. The molecule has 0 radical (unpaired) electrons. The van der Waals surface area contributed by atoms with E-state index in [0.717, 1.165) is 19.5 Å². The van der Waals surface area contributed by atoms with Crippen molar-refractivity contribution in [2.45, 2.75) is 57.4 Å². The summed E-state index contributed by atoms with van der Waals surface area (Å²) in [6.07, 6.45) is 13.0. The number of hydrogen-bond acceptors (Lipinski definition) is 3. The van der Waals surface area contributed by atoms with Crippen molar-refractivity contribution in [3.8, 4) is 0 Å². The van der Waals surface area contributed by atoms with Crippen LogP contribution >= 0.6 is 0 Å². The molecule has 0 saturated heterocycles. The van der Waals surface area contributed by atoms with Crippen molar-refractivity contribution in [1.29, 1.82) is 0 Å². The second kappa shape index (κ2) is 9.57. The lowest BCUT2D eigenvalue weighted by atomic mass is 10.1. The third kappa shape index (κ3) is 6.14. The number of carbonyl (C=O) groups excluding carboxylic acids is 1. The zero-order chi connectivity index (χ0) is 15.6. The molecule has 2 rings (SSSR count). The van der Waals surface area contributed by atoms with E-state index in [4.69, 9.17) is 0 Å². The molecule has 22 heavy (non-hydrogen) atoms. The fourth-order valence-corrected chi connectivity index (χ4v) is 3.03. The second-order valence-electron chi connectivity index (χ2n) is 6.31. The number of rotatable bonds is 7. The summed E-state index contributed by atoms with van der Waals surface area (Å²) in [4.78, 5) is 18.0. The van der Waals surface area contributed by atoms with Crippen molar-refractivity contribution in [2.75, 3.05) is 20.1 Å². The van der Waals surface area contributed by atoms with Gasteiger partial charge in [-0.15, -0.1) is 0 Å². The summed E-state index contributed by atoms with van der Waals surface area (Å²) in [5.74, 6) is 0.232. The van der Waals surface area contributed by atoms with Crippen molar-refractivity contribution < 1.29 is 4.79 Å². The summed E-state index contributed by atoms with van der Waals surface area (Å²) in [5.41, 5.74) is 1.23. The van der Waals surface area contributed by atoms with Gasteiger partial charge >= 0.3 is 0 Å². The number of nitrogens with zero attached hydrogens (tertiary/aromatic N) is 2. The normalized spacial score (nSPS) is 16.2. The number of pyridine rings is 1. The molecule has 0 aliphatic heterocycles. The third-order valence-corrected chi connectivity index (χ3v) is 4.54. The molecule has 1 aliphatic carbocycles. The number of nitrogens with one attached hydrogen (secondary N) is 1. The standard InChI is InChI=1S/C18H29N3O/c1-21(15-11-16-8-12-19-13-9-16)18(22)10-14-20-17-6-4-2-3-5-7-17/h8-9,12-13,17,20H,2-7,10-11,14-15H2,1H3. The average molecular weight is 303 g/mol. The molecule has 1 aromatic rings. The smallest absolute Gasteiger partial charge is 0.223 e. The average Bonchev–Trinajstić information content (AvgIpc) is 2.82. The number of hydrogen-bond donors (Lipinski definition) is 1. The Morgan fingerprint density at radius 1 is 1.23 bits per heavy atom. The van der Waals surface area contributed by atoms with E-state index in [1.165, 1.54) is 44.1 Å². The van der Waals surface area contributed by atoms with E-state index in [1.54, 1.807) is 12.4 Å². The van der Waals surface area contributed by atoms with Crippen LogP contribution in [0.5, 0.6) is 0 Å². The minimum Gasteiger partial charge on any atom is -0.345 e. The molecular weight excluding hydrogens is 274 g/mol. The minimum atomic E-state index is 0.232. The number of amides is 1. The molecule has 0 atom stereocenters. The second-order valence-corrected chi connectivity index (χ2v) is 6.31. The maximum absolute atomic E-state index is 12.1. The van der Waals surface area contributed by atoms with Crippen LogP contribution in [0.1, 0.15) is 50.5 Å². The van der Waals surface area contributed by atoms with Crippen LogP contribution in [-0.2, 0) is 11.2 Å². The molecule has 0 spiro atoms. The molecule has 1 N–H and O–H groups in total. The van der Waals surface area contributed by atoms with E-state index < -0.39 is 0 Å². The van der Waals surface area contributed by atoms with E-state index in [-0.39, 0.29) is 5.91 Å². The van der Waals surface area contributed by atoms with E-state index in [2.05, 4.69) is 10.3 Å². The molecule has 1 heterocycles. The van der Waals surface area contributed by atoms with Crippen LogP contribution in [0.4, 0.5) is 0 Å². The lowest BCUT2D eigenvalue weighted by molar-refractivity contribution is -0.129. The summed E-state index contributed by atoms with van der Waals surface area (Å²) in [5, 5.41) is 3.57. The fraction of sp³-hybridized carbons (Fsp3) is 0.667. The highest BCUT2D eigenvalue weighted by Gasteiger charge is 2.13. The summed E-state index contributed by atoms with van der Waals surface area (Å²) < 4.78 is 0. The summed E-state index contributed by atoms with van der Waals surface area (Å²) in [6.45, 7) is 1.58. The van der Waals surface area contributed by atoms with Crippen molar-refractivity contribution in [2.24, 2.45) is 0 Å². The molecule has 1 aliphatic rings. The van der Waals surface area contributed by atoms with E-state index >= 15 is 0 Å². The zero-order valence-corrected chi connectivity index (χ0v) is 13.8. The Balaban J connectivity index is 1.61. The Bertz CT molecular complexity index is 427. The van der Waals surface area contributed by atoms with Gasteiger partial charge in [0.2, 0.25) is 5.91 Å². The highest BCUT2D eigenvalue weighted by atomic mass is 16.2. The van der Waals surface area contributed by atoms with Crippen LogP contribution in [0.3, 0.4) is 0 Å². The SMILES string of the molecule is CN(CCc1ccncc1)C(=O)CCNC1CCCCCC1. The van der Waals surface area contributed by atoms with Crippen LogP contribution in [0.15, 0.2) is 24.5 Å². The third-order valence-electron chi connectivity index (χ3n) is 4.54. The first-order valence-electron chi connectivity index (χ1n) is 8.62. The Morgan fingerprint density at radius 3 is 2.59 bits per heavy atom. The summed E-state index contributed by atoms with van der Waals surface area (Å²) in [7, 11) is 1.90. The van der Waals surface area contributed by atoms with Gasteiger partial charge in [-0.25, -0.2) is 0 Å². The molecule has 0 unspecified atom stereocenters. The number of aromatic nitrogens is 1. The lowest BCUT2D eigenvalue weighted by Crippen LogP contribution is -2.35. The largest absolute Gasteiger partial charge is 0.345 e. The van der Waals surface area contributed by atoms with Crippen molar-refractivity contribution >= 4 is 5.91 Å². The van der Waals surface area contributed by atoms with Gasteiger partial charge in [-0.1, -0.05) is 25.7 Å². The van der Waals surface area contributed by atoms with Crippen molar-refractivity contribution in [3.05, 3.63) is 30.1 Å². The Kier molecular flexibility index (Phi) is 7.37. The van der Waals surface area contributed by atoms with E-state index in [0.29, 0.717) is 12.5 Å². The van der Waals surface area contributed by atoms with Gasteiger partial charge in [0.15, 0.2) is 0 Å². The van der Waals surface area contributed by atoms with Crippen LogP contribution in [0.25, 0.3) is 0 Å². The Morgan fingerprint density at radius 2 is 1.91 bits per heavy atom. The molecule has 1 saturated carbocycles. The van der Waals surface area contributed by atoms with Crippen LogP contribution in [-0.4, -0.2) is 42.0 Å². The van der Waals surface area contributed by atoms with E-state index in [1.807, 2.05) is 24.1 Å². The first-order chi connectivity index (χ1) is 10.8. The number of carbonyl (C=O) groups is 1. The fourth-order valence-electron chi connectivity index (χ4n) is 3.03. The van der Waals surface area contributed by atoms with Crippen LogP contribution < -0.4 is 5.32 Å². The quantitative estimate of drug-likeness (QED) is 0.788. The summed E-state index contributed by atoms with van der Waals surface area (Å²) >= 11 is 0. The topological polar surface area (TPSA) is 45.2 Å². The lowest BCUT2D eigenvalue weighted by Gasteiger charge is -2.19. The highest BCUT2D eigenvalue weighted by Crippen LogP contribution is 2.17. The highest BCUT2D eigenvalue weighted by molar-refractivity contribution is 5.76. The van der Waals surface area contributed by atoms with Gasteiger partial charge in [-0.3, -0.25) is 9.78 Å². The minimum absolute atomic E-state index is 0.232. The molecule has 4 nitrogen and oxygen atoms in total. The first-order valence-corrected chi connectivity index (χ1v) is 8.62. The van der Waals surface area contributed by atoms with Gasteiger partial charge < -0.3 is 10.2 Å². The summed E-state index contributed by atoms with van der Waals surface area (Å²) in [6, 6.07) is 4.63. The van der Waals surface area contributed by atoms with Gasteiger partial charge in [0.05, 0.1) is 0 Å². The molecule has 1 amide bonds. The maximum Gasteiger partial charge on any atom is 0.223 e. The van der Waals surface area contributed by atoms with Gasteiger partial charge in [-0.2, -0.15) is 0 Å². The molecule has 4 heteroatoms. The van der Waals surface area contributed by atoms with Crippen LogP contribution in [0.2, 0.25) is 0 Å². The zero-order valence-electron chi connectivity index (χ0n) is 13.8. The van der Waals surface area contributed by atoms with Gasteiger partial charge in [0.25, 0.3) is 0 Å². The first kappa shape index (κ1) is 16.9. The van der Waals surface area contributed by atoms with Gasteiger partial charge in [-0.05, 0) is 37.0 Å². The Labute approximate surface area is 134 Å². The molecule has 0 bridgehead atoms. The van der Waals surface area contributed by atoms with Crippen molar-refractivity contribution in [3.63, 3.8) is 0 Å². The predicted molar refractivity (Wildman–Crippen MR) is 89.7 cm³/mol. The van der Waals surface area contributed by atoms with Gasteiger partial charge in [0, 0.05) is 45.0 Å². The molecular formula is C18H29N3O. The molecule has 0 aromatic carbocycles. The van der Waals surface area contributed by atoms with E-state index in [9.17, 15) is 4.79 Å². The Hall–Kier alpha value is -1.42.